The molecule has 0 radical (unpaired) electrons. The molecular weight excluding hydrogens is 260 g/mol. The number of nitrogens with one attached hydrogen (secondary N) is 1. The van der Waals surface area contributed by atoms with E-state index in [4.69, 9.17) is 5.73 Å². The Balaban J connectivity index is 3.19. The van der Waals surface area contributed by atoms with Gasteiger partial charge < -0.3 is 5.73 Å². The minimum atomic E-state index is -3.49. The lowest BCUT2D eigenvalue weighted by Gasteiger charge is -2.19. The Hall–Kier alpha value is -0.910. The molecule has 1 unspecified atom stereocenters. The molecule has 0 aliphatic carbocycles. The van der Waals surface area contributed by atoms with Crippen molar-refractivity contribution in [1.29, 1.82) is 0 Å². The number of sulfonamides is 1. The van der Waals surface area contributed by atoms with E-state index < -0.39 is 10.0 Å². The van der Waals surface area contributed by atoms with Crippen LogP contribution in [0.2, 0.25) is 0 Å². The topological polar surface area (TPSA) is 72.2 Å². The maximum absolute atomic E-state index is 12.4. The molecule has 3 N–H and O–H groups in total. The molecule has 0 aromatic heterocycles. The van der Waals surface area contributed by atoms with E-state index in [0.717, 1.165) is 11.1 Å². The Labute approximate surface area is 116 Å². The third kappa shape index (κ3) is 4.03. The minimum Gasteiger partial charge on any atom is -0.326 e. The van der Waals surface area contributed by atoms with Crippen LogP contribution in [0.15, 0.2) is 23.1 Å². The van der Waals surface area contributed by atoms with Crippen LogP contribution in [0.1, 0.15) is 38.8 Å². The lowest BCUT2D eigenvalue weighted by atomic mass is 10.1. The van der Waals surface area contributed by atoms with Crippen LogP contribution in [-0.4, -0.2) is 14.5 Å². The minimum absolute atomic E-state index is 0.101. The largest absolute Gasteiger partial charge is 0.326 e. The summed E-state index contributed by atoms with van der Waals surface area (Å²) in [5.74, 6) is 0.248. The van der Waals surface area contributed by atoms with E-state index in [1.165, 1.54) is 0 Å². The highest BCUT2D eigenvalue weighted by Crippen LogP contribution is 2.19. The highest BCUT2D eigenvalue weighted by molar-refractivity contribution is 7.89. The average molecular weight is 284 g/mol. The van der Waals surface area contributed by atoms with Crippen molar-refractivity contribution in [3.63, 3.8) is 0 Å². The average Bonchev–Trinajstić information content (AvgIpc) is 2.37. The van der Waals surface area contributed by atoms with Gasteiger partial charge in [0, 0.05) is 12.6 Å². The Morgan fingerprint density at radius 3 is 2.37 bits per heavy atom. The molecule has 108 valence electrons. The number of aryl methyl sites for hydroxylation is 1. The SMILES string of the molecule is CCc1ccc(CN)cc1S(=O)(=O)NC(C)C(C)C. The molecular formula is C14H24N2O2S. The molecule has 0 fully saturated rings. The van der Waals surface area contributed by atoms with Gasteiger partial charge in [-0.05, 0) is 36.5 Å². The van der Waals surface area contributed by atoms with E-state index >= 15 is 0 Å². The van der Waals surface area contributed by atoms with Crippen molar-refractivity contribution < 1.29 is 8.42 Å². The van der Waals surface area contributed by atoms with Gasteiger partial charge in [-0.1, -0.05) is 32.9 Å². The molecule has 0 aliphatic heterocycles. The number of benzene rings is 1. The Bertz CT molecular complexity index is 524. The molecule has 0 heterocycles. The van der Waals surface area contributed by atoms with Gasteiger partial charge in [0.25, 0.3) is 0 Å². The molecule has 0 amide bonds. The second-order valence-corrected chi connectivity index (χ2v) is 6.84. The first kappa shape index (κ1) is 16.1. The Kier molecular flexibility index (Phi) is 5.52. The van der Waals surface area contributed by atoms with E-state index in [0.29, 0.717) is 17.9 Å². The van der Waals surface area contributed by atoms with Crippen LogP contribution in [0, 0.1) is 5.92 Å². The monoisotopic (exact) mass is 284 g/mol. The molecule has 5 heteroatoms. The number of hydrogen-bond acceptors (Lipinski definition) is 3. The summed E-state index contributed by atoms with van der Waals surface area (Å²) in [5, 5.41) is 0. The van der Waals surface area contributed by atoms with Crippen LogP contribution >= 0.6 is 0 Å². The van der Waals surface area contributed by atoms with Gasteiger partial charge in [-0.3, -0.25) is 0 Å². The molecule has 0 bridgehead atoms. The van der Waals surface area contributed by atoms with E-state index in [-0.39, 0.29) is 12.0 Å². The van der Waals surface area contributed by atoms with Gasteiger partial charge in [0.2, 0.25) is 10.0 Å². The zero-order valence-corrected chi connectivity index (χ0v) is 12.9. The van der Waals surface area contributed by atoms with Crippen LogP contribution in [0.25, 0.3) is 0 Å². The van der Waals surface area contributed by atoms with Crippen molar-refractivity contribution in [2.75, 3.05) is 0 Å². The third-order valence-corrected chi connectivity index (χ3v) is 5.02. The molecule has 1 rings (SSSR count). The molecule has 0 aliphatic rings. The molecule has 4 nitrogen and oxygen atoms in total. The first-order valence-corrected chi connectivity index (χ1v) is 8.14. The highest BCUT2D eigenvalue weighted by atomic mass is 32.2. The normalized spacial score (nSPS) is 13.8. The van der Waals surface area contributed by atoms with Gasteiger partial charge in [0.15, 0.2) is 0 Å². The molecule has 19 heavy (non-hydrogen) atoms. The first-order valence-electron chi connectivity index (χ1n) is 6.66. The molecule has 1 atom stereocenters. The highest BCUT2D eigenvalue weighted by Gasteiger charge is 2.21. The van der Waals surface area contributed by atoms with Gasteiger partial charge in [0.1, 0.15) is 0 Å². The smallest absolute Gasteiger partial charge is 0.241 e. The maximum atomic E-state index is 12.4. The second-order valence-electron chi connectivity index (χ2n) is 5.15. The summed E-state index contributed by atoms with van der Waals surface area (Å²) in [6.45, 7) is 8.14. The van der Waals surface area contributed by atoms with Crippen molar-refractivity contribution in [3.05, 3.63) is 29.3 Å². The van der Waals surface area contributed by atoms with Crippen LogP contribution < -0.4 is 10.5 Å². The predicted molar refractivity (Wildman–Crippen MR) is 78.3 cm³/mol. The molecule has 0 saturated heterocycles. The van der Waals surface area contributed by atoms with Crippen LogP contribution in [0.4, 0.5) is 0 Å². The van der Waals surface area contributed by atoms with E-state index in [2.05, 4.69) is 4.72 Å². The van der Waals surface area contributed by atoms with Crippen LogP contribution in [0.3, 0.4) is 0 Å². The van der Waals surface area contributed by atoms with Crippen molar-refractivity contribution >= 4 is 10.0 Å². The van der Waals surface area contributed by atoms with Gasteiger partial charge in [-0.15, -0.1) is 0 Å². The number of hydrogen-bond donors (Lipinski definition) is 2. The fourth-order valence-corrected chi connectivity index (χ4v) is 3.47. The fourth-order valence-electron chi connectivity index (χ4n) is 1.71. The van der Waals surface area contributed by atoms with E-state index in [1.807, 2.05) is 39.8 Å². The van der Waals surface area contributed by atoms with Crippen molar-refractivity contribution in [2.24, 2.45) is 11.7 Å². The van der Waals surface area contributed by atoms with Crippen molar-refractivity contribution in [1.82, 2.24) is 4.72 Å². The van der Waals surface area contributed by atoms with Gasteiger partial charge in [-0.2, -0.15) is 0 Å². The summed E-state index contributed by atoms with van der Waals surface area (Å²) >= 11 is 0. The summed E-state index contributed by atoms with van der Waals surface area (Å²) in [4.78, 5) is 0.352. The summed E-state index contributed by atoms with van der Waals surface area (Å²) < 4.78 is 27.6. The zero-order valence-electron chi connectivity index (χ0n) is 12.1. The van der Waals surface area contributed by atoms with Crippen LogP contribution in [0.5, 0.6) is 0 Å². The molecule has 0 spiro atoms. The summed E-state index contributed by atoms with van der Waals surface area (Å²) in [5.41, 5.74) is 7.24. The Morgan fingerprint density at radius 2 is 1.89 bits per heavy atom. The number of rotatable bonds is 6. The predicted octanol–water partition coefficient (Wildman–Crippen LogP) is 2.03. The molecule has 1 aromatic rings. The van der Waals surface area contributed by atoms with Crippen molar-refractivity contribution in [2.45, 2.75) is 51.6 Å². The number of nitrogens with two attached hydrogens (primary N) is 1. The zero-order chi connectivity index (χ0) is 14.6. The fraction of sp³-hybridized carbons (Fsp3) is 0.571. The first-order chi connectivity index (χ1) is 8.81. The van der Waals surface area contributed by atoms with E-state index in [1.54, 1.807) is 6.07 Å². The van der Waals surface area contributed by atoms with E-state index in [9.17, 15) is 8.42 Å². The molecule has 0 saturated carbocycles. The summed E-state index contributed by atoms with van der Waals surface area (Å²) in [6, 6.07) is 5.30. The second kappa shape index (κ2) is 6.50. The van der Waals surface area contributed by atoms with Gasteiger partial charge in [0.05, 0.1) is 4.90 Å². The van der Waals surface area contributed by atoms with Gasteiger partial charge in [-0.25, -0.2) is 13.1 Å². The van der Waals surface area contributed by atoms with Crippen molar-refractivity contribution in [3.8, 4) is 0 Å². The Morgan fingerprint density at radius 1 is 1.26 bits per heavy atom. The van der Waals surface area contributed by atoms with Crippen LogP contribution in [-0.2, 0) is 23.0 Å². The quantitative estimate of drug-likeness (QED) is 0.839. The molecule has 1 aromatic carbocycles. The lowest BCUT2D eigenvalue weighted by Crippen LogP contribution is -2.36. The van der Waals surface area contributed by atoms with Gasteiger partial charge >= 0.3 is 0 Å². The summed E-state index contributed by atoms with van der Waals surface area (Å²) in [6.07, 6.45) is 0.678. The standard InChI is InChI=1S/C14H24N2O2S/c1-5-13-7-6-12(9-15)8-14(13)19(17,18)16-11(4)10(2)3/h6-8,10-11,16H,5,9,15H2,1-4H3. The summed E-state index contributed by atoms with van der Waals surface area (Å²) in [7, 11) is -3.49. The maximum Gasteiger partial charge on any atom is 0.241 e. The third-order valence-electron chi connectivity index (χ3n) is 3.38. The lowest BCUT2D eigenvalue weighted by molar-refractivity contribution is 0.476.